The Morgan fingerprint density at radius 2 is 1.93 bits per heavy atom. The summed E-state index contributed by atoms with van der Waals surface area (Å²) in [5.74, 6) is -0.580. The first-order chi connectivity index (χ1) is 12.9. The average molecular weight is 396 g/mol. The lowest BCUT2D eigenvalue weighted by molar-refractivity contribution is 0.187. The van der Waals surface area contributed by atoms with Gasteiger partial charge in [-0.15, -0.1) is 0 Å². The average Bonchev–Trinajstić information content (AvgIpc) is 3.13. The number of carbonyl (C=O) groups excluding carboxylic acids is 1. The summed E-state index contributed by atoms with van der Waals surface area (Å²) in [7, 11) is -2.48. The Kier molecular flexibility index (Phi) is 5.51. The molecule has 9 nitrogen and oxygen atoms in total. The molecule has 11 heteroatoms. The molecule has 1 amide bonds. The molecular weight excluding hydrogens is 379 g/mol. The zero-order chi connectivity index (χ0) is 19.4. The number of halogens is 1. The largest absolute Gasteiger partial charge is 0.459 e. The lowest BCUT2D eigenvalue weighted by atomic mass is 10.3. The Bertz CT molecular complexity index is 905. The number of ether oxygens (including phenoxy) is 2. The van der Waals surface area contributed by atoms with E-state index >= 15 is 0 Å². The minimum Gasteiger partial charge on any atom is -0.459 e. The molecule has 2 heterocycles. The van der Waals surface area contributed by atoms with E-state index in [1.54, 1.807) is 0 Å². The van der Waals surface area contributed by atoms with Gasteiger partial charge in [-0.3, -0.25) is 5.32 Å². The van der Waals surface area contributed by atoms with Crippen molar-refractivity contribution in [3.63, 3.8) is 0 Å². The predicted octanol–water partition coefficient (Wildman–Crippen LogP) is 1.64. The van der Waals surface area contributed by atoms with Gasteiger partial charge in [-0.25, -0.2) is 27.6 Å². The zero-order valence-electron chi connectivity index (χ0n) is 14.3. The molecule has 1 aliphatic rings. The van der Waals surface area contributed by atoms with Crippen LogP contribution < -0.4 is 10.1 Å². The summed E-state index contributed by atoms with van der Waals surface area (Å²) in [5, 5.41) is 2.45. The molecule has 1 aromatic heterocycles. The van der Waals surface area contributed by atoms with Gasteiger partial charge in [0, 0.05) is 12.2 Å². The Labute approximate surface area is 155 Å². The van der Waals surface area contributed by atoms with E-state index in [1.807, 2.05) is 0 Å². The Balaban J connectivity index is 1.65. The fourth-order valence-corrected chi connectivity index (χ4v) is 4.04. The molecule has 1 atom stereocenters. The molecule has 0 radical (unpaired) electrons. The zero-order valence-corrected chi connectivity index (χ0v) is 15.1. The molecule has 2 aromatic rings. The Morgan fingerprint density at radius 3 is 2.56 bits per heavy atom. The fraction of sp³-hybridized carbons (Fsp3) is 0.312. The SMILES string of the molecule is COC(=O)Nc1ccc(S(=O)(=O)N2CCC(Oc3ncc(F)cn3)C2)cc1. The van der Waals surface area contributed by atoms with Crippen LogP contribution in [0.1, 0.15) is 6.42 Å². The molecule has 1 unspecified atom stereocenters. The second-order valence-electron chi connectivity index (χ2n) is 5.72. The van der Waals surface area contributed by atoms with Gasteiger partial charge in [0.1, 0.15) is 6.10 Å². The van der Waals surface area contributed by atoms with Crippen molar-refractivity contribution in [2.75, 3.05) is 25.5 Å². The maximum absolute atomic E-state index is 12.8. The van der Waals surface area contributed by atoms with Crippen LogP contribution in [0, 0.1) is 5.82 Å². The first-order valence-electron chi connectivity index (χ1n) is 7.98. The van der Waals surface area contributed by atoms with E-state index in [0.717, 1.165) is 12.4 Å². The predicted molar refractivity (Wildman–Crippen MR) is 92.3 cm³/mol. The van der Waals surface area contributed by atoms with Crippen LogP contribution in [-0.2, 0) is 14.8 Å². The number of amides is 1. The van der Waals surface area contributed by atoms with Crippen LogP contribution in [0.5, 0.6) is 6.01 Å². The van der Waals surface area contributed by atoms with Crippen molar-refractivity contribution in [2.45, 2.75) is 17.4 Å². The van der Waals surface area contributed by atoms with E-state index in [-0.39, 0.29) is 24.0 Å². The highest BCUT2D eigenvalue weighted by Gasteiger charge is 2.34. The third kappa shape index (κ3) is 4.49. The number of carbonyl (C=O) groups is 1. The van der Waals surface area contributed by atoms with Crippen molar-refractivity contribution in [1.82, 2.24) is 14.3 Å². The smallest absolute Gasteiger partial charge is 0.411 e. The summed E-state index contributed by atoms with van der Waals surface area (Å²) in [6.07, 6.45) is 1.35. The summed E-state index contributed by atoms with van der Waals surface area (Å²) in [6.45, 7) is 0.404. The number of methoxy groups -OCH3 is 1. The number of aromatic nitrogens is 2. The van der Waals surface area contributed by atoms with E-state index in [1.165, 1.54) is 35.7 Å². The lowest BCUT2D eigenvalue weighted by Gasteiger charge is -2.17. The van der Waals surface area contributed by atoms with E-state index in [4.69, 9.17) is 4.74 Å². The van der Waals surface area contributed by atoms with Crippen molar-refractivity contribution in [3.8, 4) is 6.01 Å². The number of nitrogens with zero attached hydrogens (tertiary/aromatic N) is 3. The van der Waals surface area contributed by atoms with Crippen molar-refractivity contribution in [1.29, 1.82) is 0 Å². The number of rotatable bonds is 5. The van der Waals surface area contributed by atoms with Crippen molar-refractivity contribution in [3.05, 3.63) is 42.5 Å². The molecule has 1 N–H and O–H groups in total. The molecule has 3 rings (SSSR count). The number of nitrogens with one attached hydrogen (secondary N) is 1. The standard InChI is InChI=1S/C16H17FN4O5S/c1-25-16(22)20-12-2-4-14(5-3-12)27(23,24)21-7-6-13(10-21)26-15-18-8-11(17)9-19-15/h2-5,8-9,13H,6-7,10H2,1H3,(H,20,22). The summed E-state index contributed by atoms with van der Waals surface area (Å²) >= 11 is 0. The Hall–Kier alpha value is -2.79. The van der Waals surface area contributed by atoms with Gasteiger partial charge in [0.05, 0.1) is 30.9 Å². The summed E-state index contributed by atoms with van der Waals surface area (Å²) < 4.78 is 49.6. The topological polar surface area (TPSA) is 111 Å². The minimum atomic E-state index is -3.71. The van der Waals surface area contributed by atoms with Gasteiger partial charge in [-0.05, 0) is 30.7 Å². The van der Waals surface area contributed by atoms with Gasteiger partial charge in [-0.2, -0.15) is 4.31 Å². The summed E-state index contributed by atoms with van der Waals surface area (Å²) in [4.78, 5) is 18.7. The van der Waals surface area contributed by atoms with Gasteiger partial charge >= 0.3 is 12.1 Å². The quantitative estimate of drug-likeness (QED) is 0.818. The number of anilines is 1. The van der Waals surface area contributed by atoms with Crippen LogP contribution in [0.25, 0.3) is 0 Å². The highest BCUT2D eigenvalue weighted by atomic mass is 32.2. The van der Waals surface area contributed by atoms with Crippen LogP contribution in [0.3, 0.4) is 0 Å². The van der Waals surface area contributed by atoms with Crippen molar-refractivity contribution >= 4 is 21.8 Å². The van der Waals surface area contributed by atoms with E-state index < -0.39 is 28.0 Å². The van der Waals surface area contributed by atoms with E-state index in [2.05, 4.69) is 20.0 Å². The first kappa shape index (κ1) is 19.0. The molecule has 27 heavy (non-hydrogen) atoms. The van der Waals surface area contributed by atoms with E-state index in [0.29, 0.717) is 12.1 Å². The molecule has 144 valence electrons. The van der Waals surface area contributed by atoms with E-state index in [9.17, 15) is 17.6 Å². The number of benzene rings is 1. The van der Waals surface area contributed by atoms with Crippen LogP contribution in [0.4, 0.5) is 14.9 Å². The van der Waals surface area contributed by atoms with Crippen LogP contribution in [-0.4, -0.2) is 55.1 Å². The third-order valence-corrected chi connectivity index (χ3v) is 5.78. The van der Waals surface area contributed by atoms with Crippen LogP contribution in [0.2, 0.25) is 0 Å². The van der Waals surface area contributed by atoms with Crippen LogP contribution >= 0.6 is 0 Å². The van der Waals surface area contributed by atoms with Crippen molar-refractivity contribution in [2.24, 2.45) is 0 Å². The van der Waals surface area contributed by atoms with Gasteiger partial charge in [0.25, 0.3) is 0 Å². The maximum Gasteiger partial charge on any atom is 0.411 e. The molecule has 0 saturated carbocycles. The van der Waals surface area contributed by atoms with Gasteiger partial charge in [0.15, 0.2) is 5.82 Å². The third-order valence-electron chi connectivity index (χ3n) is 3.90. The molecule has 0 aliphatic carbocycles. The molecule has 1 saturated heterocycles. The molecular formula is C16H17FN4O5S. The monoisotopic (exact) mass is 396 g/mol. The molecule has 1 aliphatic heterocycles. The number of sulfonamides is 1. The maximum atomic E-state index is 12.8. The highest BCUT2D eigenvalue weighted by Crippen LogP contribution is 2.24. The number of hydrogen-bond acceptors (Lipinski definition) is 7. The second kappa shape index (κ2) is 7.84. The molecule has 1 aromatic carbocycles. The first-order valence-corrected chi connectivity index (χ1v) is 9.42. The van der Waals surface area contributed by atoms with Gasteiger partial charge in [-0.1, -0.05) is 0 Å². The molecule has 1 fully saturated rings. The molecule has 0 bridgehead atoms. The lowest BCUT2D eigenvalue weighted by Crippen LogP contribution is -2.31. The van der Waals surface area contributed by atoms with Gasteiger partial charge < -0.3 is 9.47 Å². The fourth-order valence-electron chi connectivity index (χ4n) is 2.55. The summed E-state index contributed by atoms with van der Waals surface area (Å²) in [5.41, 5.74) is 0.414. The molecule has 0 spiro atoms. The van der Waals surface area contributed by atoms with Crippen LogP contribution in [0.15, 0.2) is 41.6 Å². The minimum absolute atomic E-state index is 0.00103. The number of hydrogen-bond donors (Lipinski definition) is 1. The van der Waals surface area contributed by atoms with Crippen molar-refractivity contribution < 1.29 is 27.1 Å². The normalized spacial score (nSPS) is 17.5. The Morgan fingerprint density at radius 1 is 1.26 bits per heavy atom. The second-order valence-corrected chi connectivity index (χ2v) is 7.65. The highest BCUT2D eigenvalue weighted by molar-refractivity contribution is 7.89. The summed E-state index contributed by atoms with van der Waals surface area (Å²) in [6, 6.07) is 5.75. The van der Waals surface area contributed by atoms with Gasteiger partial charge in [0.2, 0.25) is 10.0 Å².